The molecule has 130 valence electrons. The van der Waals surface area contributed by atoms with Gasteiger partial charge in [0.05, 0.1) is 0 Å². The van der Waals surface area contributed by atoms with Gasteiger partial charge >= 0.3 is 35.7 Å². The van der Waals surface area contributed by atoms with E-state index in [0.29, 0.717) is 0 Å². The van der Waals surface area contributed by atoms with Crippen molar-refractivity contribution in [3.63, 3.8) is 0 Å². The number of hydrogen-bond donors (Lipinski definition) is 0. The van der Waals surface area contributed by atoms with E-state index < -0.39 is 22.4 Å². The minimum Gasteiger partial charge on any atom is -0.850 e. The normalized spacial score (nSPS) is 10.9. The van der Waals surface area contributed by atoms with Crippen molar-refractivity contribution in [2.45, 2.75) is 105 Å². The minimum absolute atomic E-state index is 0. The Morgan fingerprint density at radius 3 is 0.364 bits per heavy atom. The quantitative estimate of drug-likeness (QED) is 0.442. The van der Waals surface area contributed by atoms with Crippen molar-refractivity contribution in [3.8, 4) is 0 Å². The Bertz CT molecular complexity index is 136. The molecule has 0 heterocycles. The second-order valence-corrected chi connectivity index (χ2v) is 8.45. The number of nitrogens with zero attached hydrogens (tertiary/aromatic N) is 1. The van der Waals surface area contributed by atoms with E-state index in [2.05, 4.69) is 0 Å². The van der Waals surface area contributed by atoms with Crippen molar-refractivity contribution in [2.75, 3.05) is 0 Å². The summed E-state index contributed by atoms with van der Waals surface area (Å²) in [7, 11) is 0. The van der Waals surface area contributed by atoms with Crippen LogP contribution in [0.3, 0.4) is 0 Å². The molecule has 0 spiro atoms. The number of hydrogen-bond acceptors (Lipinski definition) is 4. The summed E-state index contributed by atoms with van der Waals surface area (Å²) >= 11 is 0. The molecule has 0 saturated heterocycles. The zero-order valence-corrected chi connectivity index (χ0v) is 19.1. The van der Waals surface area contributed by atoms with Crippen LogP contribution < -0.4 is 56.1 Å². The first-order valence-electron chi connectivity index (χ1n) is 6.82. The Balaban J connectivity index is -0.0000000376. The average Bonchev–Trinajstić information content (AvgIpc) is 1.62. The topological polar surface area (TPSA) is 123 Å². The molecule has 0 bridgehead atoms. The zero-order chi connectivity index (χ0) is 18.0. The molecule has 0 fully saturated rings. The fourth-order valence-corrected chi connectivity index (χ4v) is 0. The molecule has 0 aromatic rings. The van der Waals surface area contributed by atoms with Crippen LogP contribution in [0.15, 0.2) is 0 Å². The Morgan fingerprint density at radius 2 is 0.364 bits per heavy atom. The van der Waals surface area contributed by atoms with Crippen LogP contribution in [-0.2, 0) is 0 Å². The Labute approximate surface area is 161 Å². The molecule has 0 aliphatic rings. The predicted molar refractivity (Wildman–Crippen MR) is 81.1 cm³/mol. The van der Waals surface area contributed by atoms with Gasteiger partial charge in [-0.2, -0.15) is 0 Å². The molecular weight excluding hydrogens is 293 g/mol. The summed E-state index contributed by atoms with van der Waals surface area (Å²) < 4.78 is 0. The summed E-state index contributed by atoms with van der Waals surface area (Å²) in [5.74, 6) is 0. The smallest absolute Gasteiger partial charge is 0.850 e. The van der Waals surface area contributed by atoms with Crippen LogP contribution in [0, 0.1) is 0 Å². The largest absolute Gasteiger partial charge is 3.00 e. The monoisotopic (exact) mass is 329 g/mol. The first kappa shape index (κ1) is 38.2. The maximum Gasteiger partial charge on any atom is 3.00 e. The third-order valence-corrected chi connectivity index (χ3v) is 0. The summed E-state index contributed by atoms with van der Waals surface area (Å²) in [6.07, 6.45) is 0. The van der Waals surface area contributed by atoms with Crippen LogP contribution >= 0.6 is 0 Å². The van der Waals surface area contributed by atoms with Gasteiger partial charge in [0.2, 0.25) is 0 Å². The van der Waals surface area contributed by atoms with Gasteiger partial charge in [-0.3, -0.25) is 0 Å². The van der Waals surface area contributed by atoms with Gasteiger partial charge in [0.15, 0.2) is 0 Å². The summed E-state index contributed by atoms with van der Waals surface area (Å²) in [5, 5.41) is 40.4. The molecule has 0 aromatic carbocycles. The van der Waals surface area contributed by atoms with Gasteiger partial charge in [-0.25, -0.2) is 0 Å². The van der Waals surface area contributed by atoms with E-state index >= 15 is 0 Å². The van der Waals surface area contributed by atoms with Crippen molar-refractivity contribution in [1.82, 2.24) is 6.15 Å². The molecule has 0 N–H and O–H groups in total. The maximum atomic E-state index is 10.1. The molecule has 22 heavy (non-hydrogen) atoms. The van der Waals surface area contributed by atoms with Gasteiger partial charge in [-0.05, 0) is 0 Å². The first-order chi connectivity index (χ1) is 8.00. The zero-order valence-electron chi connectivity index (χ0n) is 17.1. The molecule has 0 unspecified atom stereocenters. The van der Waals surface area contributed by atoms with E-state index in [4.69, 9.17) is 0 Å². The predicted octanol–water partition coefficient (Wildman–Crippen LogP) is -2.90. The second kappa shape index (κ2) is 15.1. The van der Waals surface area contributed by atoms with Crippen LogP contribution in [0.5, 0.6) is 0 Å². The molecule has 0 rings (SSSR count). The molecule has 0 aliphatic heterocycles. The third-order valence-electron chi connectivity index (χ3n) is 0. The number of rotatable bonds is 0. The van der Waals surface area contributed by atoms with Gasteiger partial charge in [-0.15, -0.1) is 22.4 Å². The van der Waals surface area contributed by atoms with Crippen molar-refractivity contribution in [3.05, 3.63) is 0 Å². The molecule has 0 atom stereocenters. The fraction of sp³-hybridized carbons (Fsp3) is 1.00. The molecule has 0 aromatic heterocycles. The summed E-state index contributed by atoms with van der Waals surface area (Å²) in [4.78, 5) is 0. The third kappa shape index (κ3) is 26000. The van der Waals surface area contributed by atoms with E-state index in [9.17, 15) is 20.4 Å². The van der Waals surface area contributed by atoms with E-state index in [1.165, 1.54) is 0 Å². The molecular formula is C16H36NNaO4. The van der Waals surface area contributed by atoms with Gasteiger partial charge in [0.25, 0.3) is 0 Å². The average molecular weight is 329 g/mol. The van der Waals surface area contributed by atoms with Gasteiger partial charge in [0.1, 0.15) is 0 Å². The van der Waals surface area contributed by atoms with Crippen molar-refractivity contribution < 1.29 is 50.0 Å². The molecule has 2 radical (unpaired) electrons. The first-order valence-corrected chi connectivity index (χ1v) is 6.82. The summed E-state index contributed by atoms with van der Waals surface area (Å²) in [6.45, 7) is 19.6. The molecule has 0 aliphatic carbocycles. The van der Waals surface area contributed by atoms with E-state index in [0.717, 1.165) is 0 Å². The SMILES string of the molecule is CC(C)(C)[O-].CC(C)(C)[O-].CC(C)(C)[O-].CC(C)(C)[O-].[N+3].[Na+]. The van der Waals surface area contributed by atoms with Crippen molar-refractivity contribution in [1.29, 1.82) is 0 Å². The van der Waals surface area contributed by atoms with E-state index in [-0.39, 0.29) is 35.7 Å². The Hall–Kier alpha value is 0.550. The molecule has 0 saturated carbocycles. The van der Waals surface area contributed by atoms with Crippen LogP contribution in [0.4, 0.5) is 0 Å². The summed E-state index contributed by atoms with van der Waals surface area (Å²) in [6, 6.07) is 0. The second-order valence-electron chi connectivity index (χ2n) is 8.45. The van der Waals surface area contributed by atoms with Crippen LogP contribution in [0.25, 0.3) is 0 Å². The molecule has 6 heteroatoms. The standard InChI is InChI=1S/4C4H9O.N.Na/c4*1-4(2,3)5;;/h4*1-3H3;;/q4*-1;+3;+1. The fourth-order valence-electron chi connectivity index (χ4n) is 0. The van der Waals surface area contributed by atoms with Crippen LogP contribution in [0.2, 0.25) is 0 Å². The van der Waals surface area contributed by atoms with Crippen molar-refractivity contribution >= 4 is 0 Å². The minimum atomic E-state index is -0.750. The summed E-state index contributed by atoms with van der Waals surface area (Å²) in [5.41, 5.74) is -3.00. The Morgan fingerprint density at radius 1 is 0.364 bits per heavy atom. The van der Waals surface area contributed by atoms with Gasteiger partial charge in [0, 0.05) is 0 Å². The molecule has 0 amide bonds. The van der Waals surface area contributed by atoms with Crippen LogP contribution in [0.1, 0.15) is 83.1 Å². The Kier molecular flexibility index (Phi) is 26.2. The van der Waals surface area contributed by atoms with Crippen LogP contribution in [-0.4, -0.2) is 22.4 Å². The van der Waals surface area contributed by atoms with Gasteiger partial charge in [-0.1, -0.05) is 83.1 Å². The van der Waals surface area contributed by atoms with Gasteiger partial charge < -0.3 is 20.4 Å². The maximum absolute atomic E-state index is 10.1. The molecule has 5 nitrogen and oxygen atoms in total. The van der Waals surface area contributed by atoms with Crippen molar-refractivity contribution in [2.24, 2.45) is 0 Å². The van der Waals surface area contributed by atoms with E-state index in [1.807, 2.05) is 0 Å². The van der Waals surface area contributed by atoms with E-state index in [1.54, 1.807) is 83.1 Å².